The van der Waals surface area contributed by atoms with Crippen molar-refractivity contribution in [2.24, 2.45) is 0 Å². The number of rotatable bonds is 4. The molecule has 0 bridgehead atoms. The second-order valence-electron chi connectivity index (χ2n) is 7.96. The molecule has 3 rings (SSSR count). The van der Waals surface area contributed by atoms with Crippen molar-refractivity contribution in [3.8, 4) is 0 Å². The summed E-state index contributed by atoms with van der Waals surface area (Å²) in [4.78, 5) is 13.1. The van der Waals surface area contributed by atoms with Crippen LogP contribution in [-0.2, 0) is 4.43 Å². The number of aromatic nitrogens is 2. The number of hydrogen-bond donors (Lipinski definition) is 1. The van der Waals surface area contributed by atoms with Crippen LogP contribution in [0.2, 0.25) is 18.1 Å². The molecule has 0 radical (unpaired) electrons. The number of benzene rings is 1. The minimum absolute atomic E-state index is 0.120. The van der Waals surface area contributed by atoms with Gasteiger partial charge in [-0.25, -0.2) is 0 Å². The van der Waals surface area contributed by atoms with E-state index >= 15 is 0 Å². The quantitative estimate of drug-likeness (QED) is 0.517. The summed E-state index contributed by atoms with van der Waals surface area (Å²) in [5, 5.41) is 19.1. The van der Waals surface area contributed by atoms with Crippen LogP contribution in [0.4, 0.5) is 11.4 Å². The zero-order valence-corrected chi connectivity index (χ0v) is 15.8. The Morgan fingerprint density at radius 3 is 2.62 bits per heavy atom. The van der Waals surface area contributed by atoms with Crippen molar-refractivity contribution in [1.29, 1.82) is 0 Å². The summed E-state index contributed by atoms with van der Waals surface area (Å²) in [5.41, 5.74) is 1.56. The largest absolute Gasteiger partial charge is 0.410 e. The van der Waals surface area contributed by atoms with Gasteiger partial charge in [0, 0.05) is 24.5 Å². The van der Waals surface area contributed by atoms with E-state index in [2.05, 4.69) is 44.1 Å². The third-order valence-electron chi connectivity index (χ3n) is 5.19. The first-order valence-corrected chi connectivity index (χ1v) is 11.0. The SMILES string of the molecule is CC(C)(C)[Si](C)(C)OC1CN(c2cc3[nH]ncc3cc2[N+](=O)[O-])C1. The number of H-pyrrole nitrogens is 1. The molecule has 0 unspecified atom stereocenters. The van der Waals surface area contributed by atoms with Crippen LogP contribution in [-0.4, -0.2) is 42.6 Å². The highest BCUT2D eigenvalue weighted by molar-refractivity contribution is 6.74. The molecule has 0 atom stereocenters. The van der Waals surface area contributed by atoms with Gasteiger partial charge in [-0.1, -0.05) is 20.8 Å². The van der Waals surface area contributed by atoms with Gasteiger partial charge in [-0.15, -0.1) is 0 Å². The van der Waals surface area contributed by atoms with Crippen molar-refractivity contribution in [2.45, 2.75) is 45.0 Å². The van der Waals surface area contributed by atoms with Crippen LogP contribution < -0.4 is 4.90 Å². The van der Waals surface area contributed by atoms with Crippen molar-refractivity contribution in [1.82, 2.24) is 10.2 Å². The molecule has 8 heteroatoms. The van der Waals surface area contributed by atoms with E-state index in [9.17, 15) is 10.1 Å². The molecule has 1 fully saturated rings. The van der Waals surface area contributed by atoms with E-state index in [1.54, 1.807) is 12.3 Å². The third-order valence-corrected chi connectivity index (χ3v) is 9.72. The van der Waals surface area contributed by atoms with E-state index in [-0.39, 0.29) is 21.8 Å². The zero-order valence-electron chi connectivity index (χ0n) is 14.8. The predicted octanol–water partition coefficient (Wildman–Crippen LogP) is 3.68. The van der Waals surface area contributed by atoms with Gasteiger partial charge in [0.2, 0.25) is 0 Å². The monoisotopic (exact) mass is 348 g/mol. The summed E-state index contributed by atoms with van der Waals surface area (Å²) in [6, 6.07) is 3.39. The lowest BCUT2D eigenvalue weighted by Gasteiger charge is -2.47. The second kappa shape index (κ2) is 5.56. The molecular weight excluding hydrogens is 324 g/mol. The highest BCUT2D eigenvalue weighted by atomic mass is 28.4. The van der Waals surface area contributed by atoms with Crippen LogP contribution in [0.25, 0.3) is 10.9 Å². The average molecular weight is 348 g/mol. The second-order valence-corrected chi connectivity index (χ2v) is 12.7. The molecule has 0 aliphatic carbocycles. The van der Waals surface area contributed by atoms with E-state index < -0.39 is 8.32 Å². The Bertz CT molecular complexity index is 775. The van der Waals surface area contributed by atoms with Crippen molar-refractivity contribution >= 4 is 30.6 Å². The number of hydrogen-bond acceptors (Lipinski definition) is 5. The lowest BCUT2D eigenvalue weighted by atomic mass is 10.1. The van der Waals surface area contributed by atoms with Gasteiger partial charge < -0.3 is 9.33 Å². The Labute approximate surface area is 142 Å². The smallest absolute Gasteiger partial charge is 0.293 e. The van der Waals surface area contributed by atoms with Gasteiger partial charge in [0.05, 0.1) is 22.7 Å². The standard InChI is InChI=1S/C16H24N4O3Si/c1-16(2,3)24(4,5)23-12-9-19(10-12)14-7-13-11(8-17-18-13)6-15(14)20(21)22/h6-8,12H,9-10H2,1-5H3,(H,17,18). The van der Waals surface area contributed by atoms with Crippen LogP contribution in [0.5, 0.6) is 0 Å². The number of aromatic amines is 1. The van der Waals surface area contributed by atoms with Gasteiger partial charge in [0.15, 0.2) is 8.32 Å². The van der Waals surface area contributed by atoms with Crippen molar-refractivity contribution in [2.75, 3.05) is 18.0 Å². The summed E-state index contributed by atoms with van der Waals surface area (Å²) < 4.78 is 6.37. The summed E-state index contributed by atoms with van der Waals surface area (Å²) in [6.07, 6.45) is 1.74. The molecule has 0 amide bonds. The topological polar surface area (TPSA) is 84.3 Å². The molecule has 1 aliphatic rings. The fraction of sp³-hybridized carbons (Fsp3) is 0.562. The maximum Gasteiger partial charge on any atom is 0.293 e. The van der Waals surface area contributed by atoms with Crippen LogP contribution in [0.1, 0.15) is 20.8 Å². The van der Waals surface area contributed by atoms with Gasteiger partial charge in [0.1, 0.15) is 5.69 Å². The molecule has 7 nitrogen and oxygen atoms in total. The minimum Gasteiger partial charge on any atom is -0.410 e. The molecule has 0 saturated carbocycles. The Kier molecular flexibility index (Phi) is 3.92. The van der Waals surface area contributed by atoms with Gasteiger partial charge >= 0.3 is 0 Å². The first-order chi connectivity index (χ1) is 11.1. The number of nitrogens with zero attached hydrogens (tertiary/aromatic N) is 3. The van der Waals surface area contributed by atoms with Gasteiger partial charge in [-0.2, -0.15) is 5.10 Å². The Morgan fingerprint density at radius 1 is 1.38 bits per heavy atom. The molecule has 1 N–H and O–H groups in total. The highest BCUT2D eigenvalue weighted by Crippen LogP contribution is 2.40. The van der Waals surface area contributed by atoms with Crippen LogP contribution >= 0.6 is 0 Å². The number of fused-ring (bicyclic) bond motifs is 1. The minimum atomic E-state index is -1.81. The maximum absolute atomic E-state index is 11.4. The first-order valence-electron chi connectivity index (χ1n) is 8.13. The maximum atomic E-state index is 11.4. The number of nitrogens with one attached hydrogen (secondary N) is 1. The molecular formula is C16H24N4O3Si. The Hall–Kier alpha value is -1.93. The zero-order chi connectivity index (χ0) is 17.7. The summed E-state index contributed by atoms with van der Waals surface area (Å²) in [6.45, 7) is 12.5. The fourth-order valence-electron chi connectivity index (χ4n) is 2.67. The van der Waals surface area contributed by atoms with Gasteiger partial charge in [0.25, 0.3) is 5.69 Å². The van der Waals surface area contributed by atoms with Gasteiger partial charge in [-0.05, 0) is 24.2 Å². The number of nitro benzene ring substituents is 1. The van der Waals surface area contributed by atoms with E-state index in [1.807, 2.05) is 11.0 Å². The molecule has 1 aromatic carbocycles. The molecule has 1 aromatic heterocycles. The molecule has 130 valence electrons. The molecule has 2 aromatic rings. The Morgan fingerprint density at radius 2 is 2.04 bits per heavy atom. The summed E-state index contributed by atoms with van der Waals surface area (Å²) in [5.74, 6) is 0. The molecule has 1 saturated heterocycles. The van der Waals surface area contributed by atoms with Crippen LogP contribution in [0.15, 0.2) is 18.3 Å². The van der Waals surface area contributed by atoms with E-state index in [0.717, 1.165) is 10.9 Å². The fourth-order valence-corrected chi connectivity index (χ4v) is 4.01. The van der Waals surface area contributed by atoms with Crippen molar-refractivity contribution in [3.05, 3.63) is 28.4 Å². The van der Waals surface area contributed by atoms with Crippen molar-refractivity contribution in [3.63, 3.8) is 0 Å². The van der Waals surface area contributed by atoms with E-state index in [0.29, 0.717) is 18.8 Å². The molecule has 1 aliphatic heterocycles. The number of anilines is 1. The summed E-state index contributed by atoms with van der Waals surface area (Å²) >= 11 is 0. The van der Waals surface area contributed by atoms with Gasteiger partial charge in [-0.3, -0.25) is 15.2 Å². The predicted molar refractivity (Wildman–Crippen MR) is 97.0 cm³/mol. The molecule has 24 heavy (non-hydrogen) atoms. The van der Waals surface area contributed by atoms with E-state index in [4.69, 9.17) is 4.43 Å². The summed E-state index contributed by atoms with van der Waals surface area (Å²) in [7, 11) is -1.81. The molecule has 0 spiro atoms. The van der Waals surface area contributed by atoms with Crippen molar-refractivity contribution < 1.29 is 9.35 Å². The third kappa shape index (κ3) is 2.91. The van der Waals surface area contributed by atoms with Crippen LogP contribution in [0.3, 0.4) is 0 Å². The lowest BCUT2D eigenvalue weighted by molar-refractivity contribution is -0.384. The first kappa shape index (κ1) is 16.9. The lowest BCUT2D eigenvalue weighted by Crippen LogP contribution is -2.58. The number of nitro groups is 1. The molecule has 2 heterocycles. The average Bonchev–Trinajstić information content (AvgIpc) is 2.86. The Balaban J connectivity index is 1.77. The van der Waals surface area contributed by atoms with E-state index in [1.165, 1.54) is 0 Å². The highest BCUT2D eigenvalue weighted by Gasteiger charge is 2.42. The normalized spacial score (nSPS) is 16.5. The van der Waals surface area contributed by atoms with Crippen LogP contribution in [0, 0.1) is 10.1 Å².